The Morgan fingerprint density at radius 3 is 1.62 bits per heavy atom. The molecule has 0 saturated carbocycles. The topological polar surface area (TPSA) is 57.2 Å². The van der Waals surface area contributed by atoms with Crippen LogP contribution in [0, 0.1) is 5.92 Å². The lowest BCUT2D eigenvalue weighted by atomic mass is 9.60. The molecule has 0 heterocycles. The fourth-order valence-corrected chi connectivity index (χ4v) is 6.10. The Labute approximate surface area is 192 Å². The second-order valence-electron chi connectivity index (χ2n) is 8.60. The monoisotopic (exact) mass is 442 g/mol. The van der Waals surface area contributed by atoms with Crippen molar-refractivity contribution in [3.63, 3.8) is 0 Å². The van der Waals surface area contributed by atoms with Crippen LogP contribution in [0.5, 0.6) is 0 Å². The van der Waals surface area contributed by atoms with E-state index in [0.29, 0.717) is 0 Å². The number of benzene rings is 2. The number of aliphatic hydroxyl groups is 1. The lowest BCUT2D eigenvalue weighted by molar-refractivity contribution is -0.356. The quantitative estimate of drug-likeness (QED) is 0.366. The molecule has 176 valence electrons. The molecule has 1 aliphatic carbocycles. The van der Waals surface area contributed by atoms with E-state index < -0.39 is 17.0 Å². The summed E-state index contributed by atoms with van der Waals surface area (Å²) in [6.07, 6.45) is 4.87. The van der Waals surface area contributed by atoms with Crippen LogP contribution < -0.4 is 0 Å². The first-order valence-electron chi connectivity index (χ1n) is 11.5. The maximum Gasteiger partial charge on any atom is 0.210 e. The molecule has 0 fully saturated rings. The van der Waals surface area contributed by atoms with Crippen molar-refractivity contribution in [2.24, 2.45) is 5.92 Å². The predicted octanol–water partition coefficient (Wildman–Crippen LogP) is 5.11. The predicted molar refractivity (Wildman–Crippen MR) is 125 cm³/mol. The van der Waals surface area contributed by atoms with E-state index in [-0.39, 0.29) is 12.5 Å². The molecule has 0 aliphatic heterocycles. The van der Waals surface area contributed by atoms with E-state index in [4.69, 9.17) is 24.1 Å². The first kappa shape index (κ1) is 24.9. The van der Waals surface area contributed by atoms with Gasteiger partial charge in [0, 0.05) is 46.2 Å². The van der Waals surface area contributed by atoms with Gasteiger partial charge >= 0.3 is 0 Å². The number of unbranched alkanes of at least 4 members (excludes halogenated alkanes) is 3. The highest BCUT2D eigenvalue weighted by Crippen LogP contribution is 2.67. The lowest BCUT2D eigenvalue weighted by Crippen LogP contribution is -2.63. The van der Waals surface area contributed by atoms with E-state index in [0.717, 1.165) is 48.8 Å². The molecule has 0 aromatic heterocycles. The normalized spacial score (nSPS) is 18.9. The van der Waals surface area contributed by atoms with Gasteiger partial charge in [-0.2, -0.15) is 0 Å². The fraction of sp³-hybridized carbons (Fsp3) is 0.556. The average molecular weight is 443 g/mol. The summed E-state index contributed by atoms with van der Waals surface area (Å²) in [7, 11) is 6.81. The number of methoxy groups -OCH3 is 4. The summed E-state index contributed by atoms with van der Waals surface area (Å²) in [5, 5.41) is 9.14. The fourth-order valence-electron chi connectivity index (χ4n) is 6.10. The van der Waals surface area contributed by atoms with Crippen molar-refractivity contribution in [3.05, 3.63) is 71.3 Å². The van der Waals surface area contributed by atoms with E-state index in [9.17, 15) is 0 Å². The van der Waals surface area contributed by atoms with Crippen LogP contribution in [-0.2, 0) is 35.9 Å². The Morgan fingerprint density at radius 1 is 0.688 bits per heavy atom. The van der Waals surface area contributed by atoms with Gasteiger partial charge in [0.05, 0.1) is 0 Å². The van der Waals surface area contributed by atoms with Crippen molar-refractivity contribution in [1.29, 1.82) is 0 Å². The van der Waals surface area contributed by atoms with Crippen molar-refractivity contribution < 1.29 is 24.1 Å². The summed E-state index contributed by atoms with van der Waals surface area (Å²) >= 11 is 0. The number of hydrogen-bond acceptors (Lipinski definition) is 5. The molecule has 0 saturated heterocycles. The number of aliphatic hydroxyl groups excluding tert-OH is 1. The van der Waals surface area contributed by atoms with Gasteiger partial charge in [-0.15, -0.1) is 0 Å². The van der Waals surface area contributed by atoms with Crippen molar-refractivity contribution in [1.82, 2.24) is 0 Å². The van der Waals surface area contributed by atoms with Gasteiger partial charge in [0.2, 0.25) is 11.6 Å². The molecular formula is C27H38O5. The Balaban J connectivity index is 2.27. The van der Waals surface area contributed by atoms with Crippen LogP contribution in [0.4, 0.5) is 0 Å². The standard InChI is InChI=1S/C27H38O5/c1-21(15-9-6-7-14-20-28)25(22-16-10-8-11-17-22)26(29-2,30-3)23-18-12-13-19-24(23)27(25,31-4)32-5/h8,10-13,16-19,21,28H,6-7,9,14-15,20H2,1-5H3. The smallest absolute Gasteiger partial charge is 0.210 e. The minimum Gasteiger partial charge on any atom is -0.396 e. The van der Waals surface area contributed by atoms with Crippen LogP contribution in [-0.4, -0.2) is 40.2 Å². The number of ether oxygens (including phenoxy) is 4. The van der Waals surface area contributed by atoms with Gasteiger partial charge in [-0.05, 0) is 24.3 Å². The lowest BCUT2D eigenvalue weighted by Gasteiger charge is -2.54. The van der Waals surface area contributed by atoms with Gasteiger partial charge in [0.25, 0.3) is 0 Å². The maximum absolute atomic E-state index is 9.14. The molecule has 0 spiro atoms. The Kier molecular flexibility index (Phi) is 8.12. The molecule has 1 aliphatic rings. The molecular weight excluding hydrogens is 404 g/mol. The van der Waals surface area contributed by atoms with Crippen LogP contribution in [0.3, 0.4) is 0 Å². The van der Waals surface area contributed by atoms with E-state index in [1.165, 1.54) is 0 Å². The molecule has 2 aromatic rings. The average Bonchev–Trinajstić information content (AvgIpc) is 3.08. The minimum absolute atomic E-state index is 0.0752. The summed E-state index contributed by atoms with van der Waals surface area (Å²) in [4.78, 5) is 0. The highest BCUT2D eigenvalue weighted by atomic mass is 16.7. The highest BCUT2D eigenvalue weighted by Gasteiger charge is 2.76. The molecule has 0 amide bonds. The van der Waals surface area contributed by atoms with Gasteiger partial charge in [-0.3, -0.25) is 0 Å². The Bertz CT molecular complexity index is 803. The molecule has 1 unspecified atom stereocenters. The van der Waals surface area contributed by atoms with Crippen molar-refractivity contribution >= 4 is 0 Å². The molecule has 3 rings (SSSR count). The molecule has 1 N–H and O–H groups in total. The second-order valence-corrected chi connectivity index (χ2v) is 8.60. The second kappa shape index (κ2) is 10.4. The van der Waals surface area contributed by atoms with Gasteiger partial charge < -0.3 is 24.1 Å². The number of hydrogen-bond donors (Lipinski definition) is 1. The Hall–Kier alpha value is -1.76. The molecule has 5 heteroatoms. The number of rotatable bonds is 12. The largest absolute Gasteiger partial charge is 0.396 e. The van der Waals surface area contributed by atoms with Gasteiger partial charge in [-0.1, -0.05) is 80.8 Å². The van der Waals surface area contributed by atoms with Crippen LogP contribution >= 0.6 is 0 Å². The minimum atomic E-state index is -1.11. The molecule has 32 heavy (non-hydrogen) atoms. The molecule has 0 bridgehead atoms. The Morgan fingerprint density at radius 2 is 1.16 bits per heavy atom. The van der Waals surface area contributed by atoms with E-state index in [1.54, 1.807) is 28.4 Å². The summed E-state index contributed by atoms with van der Waals surface area (Å²) in [5.74, 6) is -2.14. The molecule has 1 atom stereocenters. The summed E-state index contributed by atoms with van der Waals surface area (Å²) in [6.45, 7) is 2.48. The van der Waals surface area contributed by atoms with E-state index in [2.05, 4.69) is 19.1 Å². The van der Waals surface area contributed by atoms with Crippen molar-refractivity contribution in [3.8, 4) is 0 Å². The molecule has 5 nitrogen and oxygen atoms in total. The third kappa shape index (κ3) is 3.42. The summed E-state index contributed by atoms with van der Waals surface area (Å²) in [6, 6.07) is 18.4. The zero-order valence-electron chi connectivity index (χ0n) is 20.1. The molecule has 0 radical (unpaired) electrons. The van der Waals surface area contributed by atoms with Gasteiger partial charge in [-0.25, -0.2) is 0 Å². The van der Waals surface area contributed by atoms with Crippen LogP contribution in [0.25, 0.3) is 0 Å². The zero-order valence-corrected chi connectivity index (χ0v) is 20.1. The van der Waals surface area contributed by atoms with Crippen LogP contribution in [0.15, 0.2) is 54.6 Å². The number of fused-ring (bicyclic) bond motifs is 1. The first-order chi connectivity index (χ1) is 15.6. The third-order valence-corrected chi connectivity index (χ3v) is 7.34. The maximum atomic E-state index is 9.14. The van der Waals surface area contributed by atoms with Crippen LogP contribution in [0.2, 0.25) is 0 Å². The first-order valence-corrected chi connectivity index (χ1v) is 11.5. The van der Waals surface area contributed by atoms with Crippen LogP contribution in [0.1, 0.15) is 55.7 Å². The third-order valence-electron chi connectivity index (χ3n) is 7.34. The van der Waals surface area contributed by atoms with E-state index in [1.807, 2.05) is 42.5 Å². The zero-order chi connectivity index (χ0) is 23.2. The van der Waals surface area contributed by atoms with Gasteiger partial charge in [0.1, 0.15) is 5.41 Å². The van der Waals surface area contributed by atoms with Gasteiger partial charge in [0.15, 0.2) is 0 Å². The van der Waals surface area contributed by atoms with E-state index >= 15 is 0 Å². The SMILES string of the molecule is COC1(OC)c2ccccc2C(OC)(OC)C1(c1ccccc1)C(C)CCCCCCO. The van der Waals surface area contributed by atoms with Crippen molar-refractivity contribution in [2.75, 3.05) is 35.0 Å². The highest BCUT2D eigenvalue weighted by molar-refractivity contribution is 5.53. The summed E-state index contributed by atoms with van der Waals surface area (Å²) < 4.78 is 25.4. The summed E-state index contributed by atoms with van der Waals surface area (Å²) in [5.41, 5.74) is 2.08. The van der Waals surface area contributed by atoms with Crippen molar-refractivity contribution in [2.45, 2.75) is 56.0 Å². The molecule has 2 aromatic carbocycles.